The van der Waals surface area contributed by atoms with Gasteiger partial charge in [-0.1, -0.05) is 26.0 Å². The molecule has 2 aliphatic heterocycles. The lowest BCUT2D eigenvalue weighted by Crippen LogP contribution is -2.72. The maximum atomic E-state index is 11.6. The fraction of sp³-hybridized carbons (Fsp3) is 0.619. The summed E-state index contributed by atoms with van der Waals surface area (Å²) in [5, 5.41) is 6.30. The summed E-state index contributed by atoms with van der Waals surface area (Å²) in [6, 6.07) is 8.40. The molecule has 6 nitrogen and oxygen atoms in total. The van der Waals surface area contributed by atoms with Crippen LogP contribution >= 0.6 is 24.0 Å². The highest BCUT2D eigenvalue weighted by molar-refractivity contribution is 14.0. The number of carbonyl (C=O) groups is 1. The number of nitrogens with zero attached hydrogens (tertiary/aromatic N) is 3. The fourth-order valence-electron chi connectivity index (χ4n) is 3.63. The highest BCUT2D eigenvalue weighted by Crippen LogP contribution is 2.46. The summed E-state index contributed by atoms with van der Waals surface area (Å²) >= 11 is 0. The van der Waals surface area contributed by atoms with Gasteiger partial charge in [0, 0.05) is 42.8 Å². The van der Waals surface area contributed by atoms with Gasteiger partial charge in [0.15, 0.2) is 5.96 Å². The molecule has 28 heavy (non-hydrogen) atoms. The molecule has 7 heteroatoms. The van der Waals surface area contributed by atoms with E-state index in [1.165, 1.54) is 5.56 Å². The van der Waals surface area contributed by atoms with Crippen LogP contribution in [0.15, 0.2) is 29.3 Å². The molecule has 2 saturated heterocycles. The lowest BCUT2D eigenvalue weighted by Gasteiger charge is -2.62. The maximum Gasteiger partial charge on any atom is 0.239 e. The first-order chi connectivity index (χ1) is 12.7. The first-order valence-corrected chi connectivity index (χ1v) is 9.91. The number of anilines is 1. The first-order valence-electron chi connectivity index (χ1n) is 9.91. The van der Waals surface area contributed by atoms with Crippen LogP contribution < -0.4 is 15.5 Å². The Hall–Kier alpha value is -1.51. The molecule has 1 amide bonds. The molecular formula is C21H34IN5O. The topological polar surface area (TPSA) is 60.0 Å². The van der Waals surface area contributed by atoms with E-state index in [4.69, 9.17) is 4.99 Å². The smallest absolute Gasteiger partial charge is 0.239 e. The van der Waals surface area contributed by atoms with E-state index in [2.05, 4.69) is 79.3 Å². The Bertz CT molecular complexity index is 714. The van der Waals surface area contributed by atoms with Crippen LogP contribution in [0.2, 0.25) is 0 Å². The number of amides is 1. The van der Waals surface area contributed by atoms with Gasteiger partial charge in [0.25, 0.3) is 0 Å². The van der Waals surface area contributed by atoms with Gasteiger partial charge in [-0.05, 0) is 38.5 Å². The average Bonchev–Trinajstić information content (AvgIpc) is 2.64. The molecule has 0 aliphatic carbocycles. The predicted molar refractivity (Wildman–Crippen MR) is 126 cm³/mol. The van der Waals surface area contributed by atoms with Crippen LogP contribution in [0.4, 0.5) is 5.69 Å². The molecule has 1 aromatic carbocycles. The molecule has 0 aromatic heterocycles. The molecule has 2 aliphatic rings. The number of halogens is 1. The molecule has 1 aromatic rings. The minimum Gasteiger partial charge on any atom is -0.360 e. The summed E-state index contributed by atoms with van der Waals surface area (Å²) in [4.78, 5) is 20.9. The number of aliphatic imine (C=N–C) groups is 1. The van der Waals surface area contributed by atoms with Crippen molar-refractivity contribution in [1.29, 1.82) is 0 Å². The standard InChI is InChI=1S/C21H33N5O.HI/c1-6-22-19(26-15-20(2,3)21(26,4)5)24-13-16-7-9-17(10-8-16)25-12-11-23-18(27)14-25;/h7-10H,6,11-15H2,1-5H3,(H,22,24)(H,23,27);1H. The van der Waals surface area contributed by atoms with Gasteiger partial charge >= 0.3 is 0 Å². The van der Waals surface area contributed by atoms with Gasteiger partial charge in [0.05, 0.1) is 13.1 Å². The molecule has 0 radical (unpaired) electrons. The van der Waals surface area contributed by atoms with Crippen molar-refractivity contribution in [2.24, 2.45) is 10.4 Å². The van der Waals surface area contributed by atoms with Crippen LogP contribution in [-0.2, 0) is 11.3 Å². The SMILES string of the molecule is CCNC(=NCc1ccc(N2CCNC(=O)C2)cc1)N1CC(C)(C)C1(C)C.I. The monoisotopic (exact) mass is 499 g/mol. The lowest BCUT2D eigenvalue weighted by atomic mass is 9.65. The van der Waals surface area contributed by atoms with E-state index in [9.17, 15) is 4.79 Å². The second-order valence-corrected chi connectivity index (χ2v) is 8.64. The Morgan fingerprint density at radius 3 is 2.43 bits per heavy atom. The number of piperazine rings is 1. The third-order valence-electron chi connectivity index (χ3n) is 6.23. The Morgan fingerprint density at radius 1 is 1.21 bits per heavy atom. The normalized spacial score (nSPS) is 20.8. The van der Waals surface area contributed by atoms with Gasteiger partial charge in [-0.3, -0.25) is 4.79 Å². The summed E-state index contributed by atoms with van der Waals surface area (Å²) in [7, 11) is 0. The zero-order chi connectivity index (χ0) is 19.7. The number of hydrogen-bond acceptors (Lipinski definition) is 3. The highest BCUT2D eigenvalue weighted by Gasteiger charge is 2.53. The molecule has 3 rings (SSSR count). The van der Waals surface area contributed by atoms with Crippen LogP contribution in [0.1, 0.15) is 40.2 Å². The Labute approximate surface area is 186 Å². The fourth-order valence-corrected chi connectivity index (χ4v) is 3.63. The molecule has 0 unspecified atom stereocenters. The lowest BCUT2D eigenvalue weighted by molar-refractivity contribution is -0.120. The molecule has 0 spiro atoms. The van der Waals surface area contributed by atoms with Gasteiger partial charge in [-0.2, -0.15) is 0 Å². The second kappa shape index (κ2) is 8.88. The van der Waals surface area contributed by atoms with Crippen molar-refractivity contribution in [1.82, 2.24) is 15.5 Å². The molecule has 0 saturated carbocycles. The van der Waals surface area contributed by atoms with E-state index in [0.29, 0.717) is 19.6 Å². The first kappa shape index (κ1) is 22.8. The van der Waals surface area contributed by atoms with Crippen LogP contribution in [0, 0.1) is 5.41 Å². The van der Waals surface area contributed by atoms with Crippen molar-refractivity contribution in [3.05, 3.63) is 29.8 Å². The van der Waals surface area contributed by atoms with Crippen LogP contribution in [0.5, 0.6) is 0 Å². The van der Waals surface area contributed by atoms with Gasteiger partial charge in [-0.25, -0.2) is 4.99 Å². The molecule has 2 heterocycles. The van der Waals surface area contributed by atoms with Crippen molar-refractivity contribution < 1.29 is 4.79 Å². The summed E-state index contributed by atoms with van der Waals surface area (Å²) in [6.07, 6.45) is 0. The van der Waals surface area contributed by atoms with Crippen LogP contribution in [0.25, 0.3) is 0 Å². The Balaban J connectivity index is 0.00000280. The quantitative estimate of drug-likeness (QED) is 0.380. The predicted octanol–water partition coefficient (Wildman–Crippen LogP) is 2.83. The Morgan fingerprint density at radius 2 is 1.89 bits per heavy atom. The van der Waals surface area contributed by atoms with Gasteiger partial charge in [0.2, 0.25) is 5.91 Å². The van der Waals surface area contributed by atoms with E-state index in [1.54, 1.807) is 0 Å². The number of hydrogen-bond donors (Lipinski definition) is 2. The van der Waals surface area contributed by atoms with E-state index in [1.807, 2.05) is 0 Å². The number of likely N-dealkylation sites (tertiary alicyclic amines) is 1. The molecule has 0 atom stereocenters. The van der Waals surface area contributed by atoms with Gasteiger partial charge in [0.1, 0.15) is 0 Å². The largest absolute Gasteiger partial charge is 0.360 e. The summed E-state index contributed by atoms with van der Waals surface area (Å²) < 4.78 is 0. The third-order valence-corrected chi connectivity index (χ3v) is 6.23. The zero-order valence-electron chi connectivity index (χ0n) is 17.7. The molecular weight excluding hydrogens is 465 g/mol. The zero-order valence-corrected chi connectivity index (χ0v) is 20.0. The summed E-state index contributed by atoms with van der Waals surface area (Å²) in [6.45, 7) is 15.8. The van der Waals surface area contributed by atoms with Crippen molar-refractivity contribution in [2.45, 2.75) is 46.7 Å². The van der Waals surface area contributed by atoms with Crippen LogP contribution in [-0.4, -0.2) is 55.0 Å². The van der Waals surface area contributed by atoms with Crippen molar-refractivity contribution in [3.63, 3.8) is 0 Å². The molecule has 2 fully saturated rings. The average molecular weight is 499 g/mol. The number of carbonyl (C=O) groups excluding carboxylic acids is 1. The van der Waals surface area contributed by atoms with Crippen molar-refractivity contribution >= 4 is 41.5 Å². The number of nitrogens with one attached hydrogen (secondary N) is 2. The minimum absolute atomic E-state index is 0. The molecule has 0 bridgehead atoms. The highest BCUT2D eigenvalue weighted by atomic mass is 127. The van der Waals surface area contributed by atoms with Crippen molar-refractivity contribution in [2.75, 3.05) is 37.6 Å². The van der Waals surface area contributed by atoms with Gasteiger partial charge < -0.3 is 20.4 Å². The number of benzene rings is 1. The summed E-state index contributed by atoms with van der Waals surface area (Å²) in [5.74, 6) is 1.07. The number of rotatable bonds is 4. The van der Waals surface area contributed by atoms with Crippen LogP contribution in [0.3, 0.4) is 0 Å². The Kier molecular flexibility index (Phi) is 7.22. The van der Waals surface area contributed by atoms with E-state index in [-0.39, 0.29) is 40.8 Å². The van der Waals surface area contributed by atoms with E-state index < -0.39 is 0 Å². The molecule has 156 valence electrons. The van der Waals surface area contributed by atoms with Crippen molar-refractivity contribution in [3.8, 4) is 0 Å². The van der Waals surface area contributed by atoms with E-state index >= 15 is 0 Å². The molecule has 2 N–H and O–H groups in total. The third kappa shape index (κ3) is 4.55. The van der Waals surface area contributed by atoms with E-state index in [0.717, 1.165) is 31.3 Å². The minimum atomic E-state index is 0. The number of guanidine groups is 1. The second-order valence-electron chi connectivity index (χ2n) is 8.64. The van der Waals surface area contributed by atoms with Gasteiger partial charge in [-0.15, -0.1) is 24.0 Å². The summed E-state index contributed by atoms with van der Waals surface area (Å²) in [5.41, 5.74) is 2.64. The maximum absolute atomic E-state index is 11.6.